The van der Waals surface area contributed by atoms with Crippen molar-refractivity contribution in [2.75, 3.05) is 0 Å². The first kappa shape index (κ1) is 10.2. The lowest BCUT2D eigenvalue weighted by molar-refractivity contribution is -0.141. The second kappa shape index (κ2) is 3.37. The predicted molar refractivity (Wildman–Crippen MR) is 51.6 cm³/mol. The van der Waals surface area contributed by atoms with Gasteiger partial charge in [0.05, 0.1) is 5.69 Å². The number of halogens is 3. The zero-order chi connectivity index (χ0) is 11.1. The van der Waals surface area contributed by atoms with Gasteiger partial charge in [0, 0.05) is 10.4 Å². The predicted octanol–water partition coefficient (Wildman–Crippen LogP) is 3.47. The molecule has 2 nitrogen and oxygen atoms in total. The van der Waals surface area contributed by atoms with Crippen LogP contribution in [-0.4, -0.2) is 10.2 Å². The summed E-state index contributed by atoms with van der Waals surface area (Å²) >= 11 is 1.49. The molecular formula is C9H7F3N2S. The lowest BCUT2D eigenvalue weighted by Crippen LogP contribution is -2.04. The van der Waals surface area contributed by atoms with Crippen molar-refractivity contribution in [2.45, 2.75) is 13.1 Å². The maximum atomic E-state index is 12.3. The minimum atomic E-state index is -4.39. The SMILES string of the molecule is Cc1sccc1-c1cc(C(F)(F)F)n[nH]1. The summed E-state index contributed by atoms with van der Waals surface area (Å²) in [6.07, 6.45) is -4.39. The molecule has 0 saturated heterocycles. The van der Waals surface area contributed by atoms with E-state index in [0.717, 1.165) is 16.5 Å². The average Bonchev–Trinajstić information content (AvgIpc) is 2.69. The highest BCUT2D eigenvalue weighted by Gasteiger charge is 2.34. The Hall–Kier alpha value is -1.30. The first-order chi connectivity index (χ1) is 6.98. The van der Waals surface area contributed by atoms with Crippen molar-refractivity contribution in [1.29, 1.82) is 0 Å². The highest BCUT2D eigenvalue weighted by Crippen LogP contribution is 2.32. The van der Waals surface area contributed by atoms with Crippen LogP contribution in [0.2, 0.25) is 0 Å². The van der Waals surface area contributed by atoms with E-state index in [2.05, 4.69) is 10.2 Å². The lowest BCUT2D eigenvalue weighted by Gasteiger charge is -1.98. The van der Waals surface area contributed by atoms with Crippen molar-refractivity contribution in [2.24, 2.45) is 0 Å². The van der Waals surface area contributed by atoms with Gasteiger partial charge >= 0.3 is 6.18 Å². The van der Waals surface area contributed by atoms with Crippen molar-refractivity contribution >= 4 is 11.3 Å². The smallest absolute Gasteiger partial charge is 0.277 e. The van der Waals surface area contributed by atoms with Crippen LogP contribution in [0, 0.1) is 6.92 Å². The molecule has 0 amide bonds. The quantitative estimate of drug-likeness (QED) is 0.801. The Balaban J connectivity index is 2.41. The van der Waals surface area contributed by atoms with E-state index < -0.39 is 11.9 Å². The topological polar surface area (TPSA) is 28.7 Å². The maximum absolute atomic E-state index is 12.3. The van der Waals surface area contributed by atoms with Crippen LogP contribution < -0.4 is 0 Å². The normalized spacial score (nSPS) is 12.0. The maximum Gasteiger partial charge on any atom is 0.435 e. The zero-order valence-electron chi connectivity index (χ0n) is 7.72. The van der Waals surface area contributed by atoms with E-state index in [1.165, 1.54) is 11.3 Å². The number of rotatable bonds is 1. The number of aromatic nitrogens is 2. The fourth-order valence-electron chi connectivity index (χ4n) is 1.27. The van der Waals surface area contributed by atoms with Gasteiger partial charge in [0.2, 0.25) is 0 Å². The molecule has 2 aromatic heterocycles. The molecular weight excluding hydrogens is 225 g/mol. The monoisotopic (exact) mass is 232 g/mol. The minimum Gasteiger partial charge on any atom is -0.277 e. The number of nitrogens with zero attached hydrogens (tertiary/aromatic N) is 1. The van der Waals surface area contributed by atoms with Crippen molar-refractivity contribution in [1.82, 2.24) is 10.2 Å². The minimum absolute atomic E-state index is 0.404. The fourth-order valence-corrected chi connectivity index (χ4v) is 1.98. The molecule has 0 aliphatic carbocycles. The highest BCUT2D eigenvalue weighted by atomic mass is 32.1. The molecule has 0 atom stereocenters. The lowest BCUT2D eigenvalue weighted by atomic mass is 10.2. The van der Waals surface area contributed by atoms with Gasteiger partial charge in [-0.15, -0.1) is 11.3 Å². The summed E-state index contributed by atoms with van der Waals surface area (Å²) in [6, 6.07) is 2.79. The van der Waals surface area contributed by atoms with Gasteiger partial charge in [0.25, 0.3) is 0 Å². The van der Waals surface area contributed by atoms with Gasteiger partial charge in [-0.2, -0.15) is 18.3 Å². The Kier molecular flexibility index (Phi) is 2.30. The third-order valence-electron chi connectivity index (χ3n) is 2.02. The van der Waals surface area contributed by atoms with Crippen LogP contribution in [0.25, 0.3) is 11.3 Å². The van der Waals surface area contributed by atoms with Crippen molar-refractivity contribution in [3.8, 4) is 11.3 Å². The largest absolute Gasteiger partial charge is 0.435 e. The van der Waals surface area contributed by atoms with Crippen LogP contribution in [0.3, 0.4) is 0 Å². The van der Waals surface area contributed by atoms with Gasteiger partial charge in [-0.05, 0) is 24.4 Å². The highest BCUT2D eigenvalue weighted by molar-refractivity contribution is 7.10. The molecule has 0 aromatic carbocycles. The summed E-state index contributed by atoms with van der Waals surface area (Å²) in [6.45, 7) is 1.86. The zero-order valence-corrected chi connectivity index (χ0v) is 8.54. The Morgan fingerprint density at radius 1 is 1.40 bits per heavy atom. The molecule has 1 N–H and O–H groups in total. The van der Waals surface area contributed by atoms with Gasteiger partial charge < -0.3 is 0 Å². The summed E-state index contributed by atoms with van der Waals surface area (Å²) in [5.41, 5.74) is 0.284. The summed E-state index contributed by atoms with van der Waals surface area (Å²) in [7, 11) is 0. The molecule has 15 heavy (non-hydrogen) atoms. The van der Waals surface area contributed by atoms with E-state index in [0.29, 0.717) is 5.69 Å². The van der Waals surface area contributed by atoms with Crippen LogP contribution in [0.1, 0.15) is 10.6 Å². The van der Waals surface area contributed by atoms with Crippen molar-refractivity contribution in [3.63, 3.8) is 0 Å². The molecule has 2 aromatic rings. The van der Waals surface area contributed by atoms with Gasteiger partial charge in [0.1, 0.15) is 0 Å². The molecule has 0 radical (unpaired) electrons. The average molecular weight is 232 g/mol. The molecule has 0 bridgehead atoms. The van der Waals surface area contributed by atoms with Crippen LogP contribution in [0.5, 0.6) is 0 Å². The molecule has 0 unspecified atom stereocenters. The standard InChI is InChI=1S/C9H7F3N2S/c1-5-6(2-3-15-5)7-4-8(14-13-7)9(10,11)12/h2-4H,1H3,(H,13,14). The van der Waals surface area contributed by atoms with Crippen LogP contribution in [0.4, 0.5) is 13.2 Å². The second-order valence-corrected chi connectivity index (χ2v) is 4.18. The summed E-state index contributed by atoms with van der Waals surface area (Å²) in [4.78, 5) is 0.965. The molecule has 80 valence electrons. The Bertz CT molecular complexity index is 470. The van der Waals surface area contributed by atoms with Crippen LogP contribution in [0.15, 0.2) is 17.5 Å². The molecule has 0 saturated carbocycles. The Labute approximate surface area is 87.8 Å². The third kappa shape index (κ3) is 1.90. The summed E-state index contributed by atoms with van der Waals surface area (Å²) in [5.74, 6) is 0. The van der Waals surface area contributed by atoms with E-state index in [1.807, 2.05) is 12.3 Å². The van der Waals surface area contributed by atoms with Gasteiger partial charge in [0.15, 0.2) is 5.69 Å². The van der Waals surface area contributed by atoms with Gasteiger partial charge in [-0.25, -0.2) is 0 Å². The molecule has 2 rings (SSSR count). The number of thiophene rings is 1. The van der Waals surface area contributed by atoms with E-state index in [-0.39, 0.29) is 0 Å². The molecule has 0 aliphatic rings. The van der Waals surface area contributed by atoms with E-state index in [1.54, 1.807) is 6.07 Å². The first-order valence-electron chi connectivity index (χ1n) is 4.15. The van der Waals surface area contributed by atoms with E-state index >= 15 is 0 Å². The number of aryl methyl sites for hydroxylation is 1. The first-order valence-corrected chi connectivity index (χ1v) is 5.03. The third-order valence-corrected chi connectivity index (χ3v) is 2.86. The van der Waals surface area contributed by atoms with Crippen molar-refractivity contribution < 1.29 is 13.2 Å². The Morgan fingerprint density at radius 3 is 2.60 bits per heavy atom. The number of nitrogens with one attached hydrogen (secondary N) is 1. The molecule has 0 spiro atoms. The number of hydrogen-bond acceptors (Lipinski definition) is 2. The van der Waals surface area contributed by atoms with Crippen LogP contribution >= 0.6 is 11.3 Å². The molecule has 2 heterocycles. The second-order valence-electron chi connectivity index (χ2n) is 3.06. The number of aromatic amines is 1. The number of hydrogen-bond donors (Lipinski definition) is 1. The summed E-state index contributed by atoms with van der Waals surface area (Å²) in [5, 5.41) is 7.46. The van der Waals surface area contributed by atoms with Gasteiger partial charge in [-0.1, -0.05) is 0 Å². The fraction of sp³-hybridized carbons (Fsp3) is 0.222. The molecule has 6 heteroatoms. The number of alkyl halides is 3. The molecule has 0 fully saturated rings. The van der Waals surface area contributed by atoms with Crippen molar-refractivity contribution in [3.05, 3.63) is 28.1 Å². The number of H-pyrrole nitrogens is 1. The Morgan fingerprint density at radius 2 is 2.13 bits per heavy atom. The van der Waals surface area contributed by atoms with Gasteiger partial charge in [-0.3, -0.25) is 5.10 Å². The summed E-state index contributed by atoms with van der Waals surface area (Å²) < 4.78 is 36.8. The van der Waals surface area contributed by atoms with E-state index in [4.69, 9.17) is 0 Å². The van der Waals surface area contributed by atoms with Crippen LogP contribution in [-0.2, 0) is 6.18 Å². The van der Waals surface area contributed by atoms with E-state index in [9.17, 15) is 13.2 Å². The molecule has 0 aliphatic heterocycles.